The molecule has 0 aliphatic heterocycles. The van der Waals surface area contributed by atoms with Crippen molar-refractivity contribution in [2.75, 3.05) is 27.9 Å². The maximum atomic E-state index is 12.1. The Bertz CT molecular complexity index is 519. The van der Waals surface area contributed by atoms with Gasteiger partial charge in [0.25, 0.3) is 0 Å². The van der Waals surface area contributed by atoms with E-state index < -0.39 is 6.04 Å². The van der Waals surface area contributed by atoms with Gasteiger partial charge in [0.05, 0.1) is 27.4 Å². The van der Waals surface area contributed by atoms with Crippen molar-refractivity contribution in [3.63, 3.8) is 0 Å². The number of halogens is 1. The van der Waals surface area contributed by atoms with E-state index in [4.69, 9.17) is 19.9 Å². The van der Waals surface area contributed by atoms with Gasteiger partial charge in [0, 0.05) is 24.2 Å². The number of nitrogens with one attached hydrogen (secondary N) is 1. The molecule has 0 saturated heterocycles. The zero-order chi connectivity index (χ0) is 17.6. The van der Waals surface area contributed by atoms with Crippen LogP contribution in [0.1, 0.15) is 26.3 Å². The first-order chi connectivity index (χ1) is 10.7. The van der Waals surface area contributed by atoms with Crippen LogP contribution >= 0.6 is 12.4 Å². The lowest BCUT2D eigenvalue weighted by atomic mass is 9.87. The summed E-state index contributed by atoms with van der Waals surface area (Å²) in [6, 6.07) is 3.03. The number of carbonyl (C=O) groups is 1. The van der Waals surface area contributed by atoms with Crippen molar-refractivity contribution in [1.82, 2.24) is 5.32 Å². The van der Waals surface area contributed by atoms with Gasteiger partial charge in [0.2, 0.25) is 5.91 Å². The van der Waals surface area contributed by atoms with E-state index >= 15 is 0 Å². The van der Waals surface area contributed by atoms with Crippen molar-refractivity contribution in [3.8, 4) is 17.2 Å². The van der Waals surface area contributed by atoms with Crippen molar-refractivity contribution < 1.29 is 19.0 Å². The highest BCUT2D eigenvalue weighted by molar-refractivity contribution is 5.85. The van der Waals surface area contributed by atoms with Crippen LogP contribution in [0, 0.1) is 5.41 Å². The van der Waals surface area contributed by atoms with Gasteiger partial charge in [-0.1, -0.05) is 20.8 Å². The van der Waals surface area contributed by atoms with E-state index in [1.54, 1.807) is 33.5 Å². The van der Waals surface area contributed by atoms with E-state index in [9.17, 15) is 4.79 Å². The summed E-state index contributed by atoms with van der Waals surface area (Å²) in [6.45, 7) is 6.26. The number of hydrogen-bond donors (Lipinski definition) is 2. The van der Waals surface area contributed by atoms with Gasteiger partial charge >= 0.3 is 0 Å². The summed E-state index contributed by atoms with van der Waals surface area (Å²) in [4.78, 5) is 12.1. The Kier molecular flexibility index (Phi) is 8.93. The second-order valence-electron chi connectivity index (χ2n) is 6.40. The number of methoxy groups -OCH3 is 3. The first-order valence-electron chi connectivity index (χ1n) is 7.56. The van der Waals surface area contributed by atoms with E-state index in [0.29, 0.717) is 30.2 Å². The number of amides is 1. The average Bonchev–Trinajstić information content (AvgIpc) is 2.52. The van der Waals surface area contributed by atoms with E-state index in [1.807, 2.05) is 20.8 Å². The summed E-state index contributed by atoms with van der Waals surface area (Å²) in [6.07, 6.45) is 0.568. The van der Waals surface area contributed by atoms with Gasteiger partial charge in [0.1, 0.15) is 17.2 Å². The second kappa shape index (κ2) is 9.59. The molecule has 0 aromatic heterocycles. The van der Waals surface area contributed by atoms with Crippen molar-refractivity contribution in [3.05, 3.63) is 17.7 Å². The maximum absolute atomic E-state index is 12.1. The van der Waals surface area contributed by atoms with Crippen molar-refractivity contribution >= 4 is 18.3 Å². The Morgan fingerprint density at radius 3 is 2.00 bits per heavy atom. The number of carbonyl (C=O) groups excluding carboxylic acids is 1. The van der Waals surface area contributed by atoms with Crippen LogP contribution in [0.2, 0.25) is 0 Å². The first-order valence-corrected chi connectivity index (χ1v) is 7.56. The molecule has 0 bridgehead atoms. The molecule has 1 atom stereocenters. The van der Waals surface area contributed by atoms with Crippen molar-refractivity contribution in [1.29, 1.82) is 0 Å². The standard InChI is InChI=1S/C17H28N2O4.ClH/c1-17(2,3)15(18)16(20)19-8-7-12-13(22-5)9-11(21-4)10-14(12)23-6;/h9-10,15H,7-8,18H2,1-6H3,(H,19,20);1H/t15-;/m1./s1. The molecule has 1 rings (SSSR count). The van der Waals surface area contributed by atoms with Gasteiger partial charge in [-0.05, 0) is 11.8 Å². The molecule has 0 saturated carbocycles. The van der Waals surface area contributed by atoms with E-state index in [2.05, 4.69) is 5.32 Å². The topological polar surface area (TPSA) is 82.8 Å². The SMILES string of the molecule is COc1cc(OC)c(CCNC(=O)[C@@H](N)C(C)(C)C)c(OC)c1.Cl. The quantitative estimate of drug-likeness (QED) is 0.778. The number of ether oxygens (including phenoxy) is 3. The number of hydrogen-bond acceptors (Lipinski definition) is 5. The molecular formula is C17H29ClN2O4. The molecule has 6 nitrogen and oxygen atoms in total. The van der Waals surface area contributed by atoms with Gasteiger partial charge in [-0.2, -0.15) is 0 Å². The van der Waals surface area contributed by atoms with Gasteiger partial charge in [-0.3, -0.25) is 4.79 Å². The summed E-state index contributed by atoms with van der Waals surface area (Å²) < 4.78 is 16.0. The van der Waals surface area contributed by atoms with Crippen LogP contribution in [-0.4, -0.2) is 39.8 Å². The molecule has 0 radical (unpaired) electrons. The molecule has 1 aromatic rings. The normalized spacial score (nSPS) is 12.0. The molecule has 0 fully saturated rings. The molecular weight excluding hydrogens is 332 g/mol. The molecule has 24 heavy (non-hydrogen) atoms. The van der Waals surface area contributed by atoms with Gasteiger partial charge < -0.3 is 25.3 Å². The van der Waals surface area contributed by atoms with Crippen LogP contribution in [0.25, 0.3) is 0 Å². The van der Waals surface area contributed by atoms with Gasteiger partial charge in [0.15, 0.2) is 0 Å². The van der Waals surface area contributed by atoms with E-state index in [1.165, 1.54) is 0 Å². The number of nitrogens with two attached hydrogens (primary N) is 1. The Balaban J connectivity index is 0.00000529. The minimum Gasteiger partial charge on any atom is -0.496 e. The van der Waals surface area contributed by atoms with Crippen LogP contribution in [0.4, 0.5) is 0 Å². The summed E-state index contributed by atoms with van der Waals surface area (Å²) in [5, 5.41) is 2.86. The molecule has 7 heteroatoms. The highest BCUT2D eigenvalue weighted by Gasteiger charge is 2.27. The summed E-state index contributed by atoms with van der Waals surface area (Å²) in [5.41, 5.74) is 6.54. The molecule has 1 amide bonds. The summed E-state index contributed by atoms with van der Waals surface area (Å²) in [5.74, 6) is 1.82. The highest BCUT2D eigenvalue weighted by Crippen LogP contribution is 2.34. The van der Waals surface area contributed by atoms with Crippen molar-refractivity contribution in [2.45, 2.75) is 33.2 Å². The molecule has 0 spiro atoms. The fraction of sp³-hybridized carbons (Fsp3) is 0.588. The third-order valence-electron chi connectivity index (χ3n) is 3.71. The van der Waals surface area contributed by atoms with E-state index in [0.717, 1.165) is 5.56 Å². The zero-order valence-electron chi connectivity index (χ0n) is 15.3. The largest absolute Gasteiger partial charge is 0.496 e. The third-order valence-corrected chi connectivity index (χ3v) is 3.71. The minimum atomic E-state index is -0.554. The van der Waals surface area contributed by atoms with Crippen LogP contribution in [0.15, 0.2) is 12.1 Å². The Hall–Kier alpha value is -1.66. The Morgan fingerprint density at radius 1 is 1.12 bits per heavy atom. The molecule has 1 aromatic carbocycles. The average molecular weight is 361 g/mol. The van der Waals surface area contributed by atoms with Gasteiger partial charge in [-0.25, -0.2) is 0 Å². The Morgan fingerprint density at radius 2 is 1.62 bits per heavy atom. The fourth-order valence-electron chi connectivity index (χ4n) is 2.14. The molecule has 0 heterocycles. The van der Waals surface area contributed by atoms with Gasteiger partial charge in [-0.15, -0.1) is 12.4 Å². The number of rotatable bonds is 7. The zero-order valence-corrected chi connectivity index (χ0v) is 16.1. The van der Waals surface area contributed by atoms with Crippen molar-refractivity contribution in [2.24, 2.45) is 11.1 Å². The smallest absolute Gasteiger partial charge is 0.237 e. The summed E-state index contributed by atoms with van der Waals surface area (Å²) >= 11 is 0. The molecule has 0 aliphatic carbocycles. The molecule has 0 unspecified atom stereocenters. The summed E-state index contributed by atoms with van der Waals surface area (Å²) in [7, 11) is 4.76. The van der Waals surface area contributed by atoms with E-state index in [-0.39, 0.29) is 23.7 Å². The van der Waals surface area contributed by atoms with Crippen LogP contribution in [-0.2, 0) is 11.2 Å². The minimum absolute atomic E-state index is 0. The number of benzene rings is 1. The second-order valence-corrected chi connectivity index (χ2v) is 6.40. The lowest BCUT2D eigenvalue weighted by Crippen LogP contribution is -2.49. The lowest BCUT2D eigenvalue weighted by molar-refractivity contribution is -0.124. The predicted molar refractivity (Wildman–Crippen MR) is 97.5 cm³/mol. The fourth-order valence-corrected chi connectivity index (χ4v) is 2.14. The van der Waals surface area contributed by atoms with Crippen LogP contribution < -0.4 is 25.3 Å². The maximum Gasteiger partial charge on any atom is 0.237 e. The molecule has 138 valence electrons. The first kappa shape index (κ1) is 22.3. The Labute approximate surface area is 150 Å². The molecule has 3 N–H and O–H groups in total. The highest BCUT2D eigenvalue weighted by atomic mass is 35.5. The molecule has 0 aliphatic rings. The van der Waals surface area contributed by atoms with Crippen LogP contribution in [0.3, 0.4) is 0 Å². The monoisotopic (exact) mass is 360 g/mol. The lowest BCUT2D eigenvalue weighted by Gasteiger charge is -2.26. The predicted octanol–water partition coefficient (Wildman–Crippen LogP) is 2.17. The third kappa shape index (κ3) is 5.76. The van der Waals surface area contributed by atoms with Crippen LogP contribution in [0.5, 0.6) is 17.2 Å².